The van der Waals surface area contributed by atoms with Gasteiger partial charge in [-0.1, -0.05) is 6.08 Å². The second-order valence-corrected chi connectivity index (χ2v) is 2.14. The maximum Gasteiger partial charge on any atom is 0.150 e. The van der Waals surface area contributed by atoms with Crippen molar-refractivity contribution in [2.45, 2.75) is 19.8 Å². The largest absolute Gasteiger partial charge is 0.491 e. The molecule has 0 fully saturated rings. The van der Waals surface area contributed by atoms with Gasteiger partial charge in [0.25, 0.3) is 0 Å². The van der Waals surface area contributed by atoms with Crippen molar-refractivity contribution in [1.29, 1.82) is 0 Å². The third-order valence-corrected chi connectivity index (χ3v) is 1.37. The highest BCUT2D eigenvalue weighted by atomic mass is 19.1. The third kappa shape index (κ3) is 1.59. The van der Waals surface area contributed by atoms with E-state index in [0.717, 1.165) is 6.42 Å². The zero-order valence-corrected chi connectivity index (χ0v) is 6.06. The Bertz CT molecular complexity index is 170. The molecule has 0 unspecified atom stereocenters. The molecular weight excluding hydrogens is 131 g/mol. The second kappa shape index (κ2) is 3.40. The zero-order chi connectivity index (χ0) is 7.40. The van der Waals surface area contributed by atoms with Crippen LogP contribution in [0.5, 0.6) is 0 Å². The van der Waals surface area contributed by atoms with Crippen LogP contribution in [0.3, 0.4) is 0 Å². The average molecular weight is 142 g/mol. The average Bonchev–Trinajstić information content (AvgIpc) is 1.94. The summed E-state index contributed by atoms with van der Waals surface area (Å²) in [5.41, 5.74) is 0. The van der Waals surface area contributed by atoms with E-state index in [4.69, 9.17) is 4.74 Å². The summed E-state index contributed by atoms with van der Waals surface area (Å²) < 4.78 is 17.8. The SMILES string of the molecule is CCOC1=C(F)CCC=C1. The van der Waals surface area contributed by atoms with E-state index in [-0.39, 0.29) is 5.83 Å². The molecule has 1 aliphatic carbocycles. The number of hydrogen-bond donors (Lipinski definition) is 0. The molecule has 0 saturated carbocycles. The summed E-state index contributed by atoms with van der Waals surface area (Å²) in [6.45, 7) is 2.38. The maximum absolute atomic E-state index is 12.7. The molecule has 1 rings (SSSR count). The fourth-order valence-corrected chi connectivity index (χ4v) is 0.896. The molecule has 0 radical (unpaired) electrons. The lowest BCUT2D eigenvalue weighted by Gasteiger charge is -2.08. The van der Waals surface area contributed by atoms with Crippen LogP contribution in [0.2, 0.25) is 0 Å². The van der Waals surface area contributed by atoms with Crippen LogP contribution in [0.4, 0.5) is 4.39 Å². The van der Waals surface area contributed by atoms with Gasteiger partial charge in [-0.15, -0.1) is 0 Å². The molecule has 0 aromatic rings. The summed E-state index contributed by atoms with van der Waals surface area (Å²) in [4.78, 5) is 0. The molecule has 10 heavy (non-hydrogen) atoms. The highest BCUT2D eigenvalue weighted by Crippen LogP contribution is 2.20. The molecule has 0 saturated heterocycles. The standard InChI is InChI=1S/C8H11FO/c1-2-10-8-6-4-3-5-7(8)9/h4,6H,2-3,5H2,1H3. The van der Waals surface area contributed by atoms with Crippen LogP contribution in [0, 0.1) is 0 Å². The lowest BCUT2D eigenvalue weighted by atomic mass is 10.1. The monoisotopic (exact) mass is 142 g/mol. The summed E-state index contributed by atoms with van der Waals surface area (Å²) in [5.74, 6) is 0.290. The van der Waals surface area contributed by atoms with Gasteiger partial charge in [-0.25, -0.2) is 4.39 Å². The summed E-state index contributed by atoms with van der Waals surface area (Å²) in [7, 11) is 0. The van der Waals surface area contributed by atoms with Crippen molar-refractivity contribution in [2.24, 2.45) is 0 Å². The third-order valence-electron chi connectivity index (χ3n) is 1.37. The van der Waals surface area contributed by atoms with Gasteiger partial charge in [0.15, 0.2) is 0 Å². The summed E-state index contributed by atoms with van der Waals surface area (Å²) in [6.07, 6.45) is 4.91. The molecule has 0 amide bonds. The zero-order valence-electron chi connectivity index (χ0n) is 6.06. The molecule has 0 bridgehead atoms. The van der Waals surface area contributed by atoms with Crippen LogP contribution in [-0.2, 0) is 4.74 Å². The fourth-order valence-electron chi connectivity index (χ4n) is 0.896. The van der Waals surface area contributed by atoms with Gasteiger partial charge in [-0.2, -0.15) is 0 Å². The minimum absolute atomic E-state index is 0.121. The molecule has 0 spiro atoms. The van der Waals surface area contributed by atoms with E-state index < -0.39 is 0 Å². The maximum atomic E-state index is 12.7. The normalized spacial score (nSPS) is 17.8. The minimum atomic E-state index is -0.121. The van der Waals surface area contributed by atoms with Crippen molar-refractivity contribution >= 4 is 0 Å². The molecule has 0 aliphatic heterocycles. The number of allylic oxidation sites excluding steroid dienone is 3. The van der Waals surface area contributed by atoms with E-state index in [1.54, 1.807) is 6.08 Å². The molecule has 0 atom stereocenters. The van der Waals surface area contributed by atoms with Gasteiger partial charge in [0.2, 0.25) is 0 Å². The van der Waals surface area contributed by atoms with E-state index in [1.807, 2.05) is 13.0 Å². The summed E-state index contributed by atoms with van der Waals surface area (Å²) >= 11 is 0. The van der Waals surface area contributed by atoms with Crippen LogP contribution in [-0.4, -0.2) is 6.61 Å². The molecule has 1 nitrogen and oxygen atoms in total. The number of rotatable bonds is 2. The lowest BCUT2D eigenvalue weighted by molar-refractivity contribution is 0.227. The molecule has 0 heterocycles. The Hall–Kier alpha value is -0.790. The summed E-state index contributed by atoms with van der Waals surface area (Å²) in [5, 5.41) is 0. The molecule has 56 valence electrons. The molecule has 1 aliphatic rings. The Kier molecular flexibility index (Phi) is 2.49. The van der Waals surface area contributed by atoms with Gasteiger partial charge in [-0.05, 0) is 19.4 Å². The fraction of sp³-hybridized carbons (Fsp3) is 0.500. The van der Waals surface area contributed by atoms with Crippen LogP contribution >= 0.6 is 0 Å². The molecule has 0 N–H and O–H groups in total. The highest BCUT2D eigenvalue weighted by Gasteiger charge is 2.07. The quantitative estimate of drug-likeness (QED) is 0.575. The Labute approximate surface area is 60.2 Å². The van der Waals surface area contributed by atoms with Crippen molar-refractivity contribution in [3.63, 3.8) is 0 Å². The number of hydrogen-bond acceptors (Lipinski definition) is 1. The van der Waals surface area contributed by atoms with E-state index >= 15 is 0 Å². The Morgan fingerprint density at radius 1 is 1.70 bits per heavy atom. The number of ether oxygens (including phenoxy) is 1. The predicted octanol–water partition coefficient (Wildman–Crippen LogP) is 2.55. The van der Waals surface area contributed by atoms with E-state index in [9.17, 15) is 4.39 Å². The van der Waals surface area contributed by atoms with Crippen molar-refractivity contribution < 1.29 is 9.13 Å². The molecule has 2 heteroatoms. The Morgan fingerprint density at radius 2 is 2.50 bits per heavy atom. The van der Waals surface area contributed by atoms with Gasteiger partial charge >= 0.3 is 0 Å². The van der Waals surface area contributed by atoms with E-state index in [1.165, 1.54) is 0 Å². The number of halogens is 1. The highest BCUT2D eigenvalue weighted by molar-refractivity contribution is 5.20. The van der Waals surface area contributed by atoms with Crippen LogP contribution in [0.15, 0.2) is 23.7 Å². The van der Waals surface area contributed by atoms with E-state index in [0.29, 0.717) is 18.8 Å². The Balaban J connectivity index is 2.60. The van der Waals surface area contributed by atoms with Crippen LogP contribution in [0.1, 0.15) is 19.8 Å². The first kappa shape index (κ1) is 7.32. The van der Waals surface area contributed by atoms with Crippen LogP contribution < -0.4 is 0 Å². The van der Waals surface area contributed by atoms with E-state index in [2.05, 4.69) is 0 Å². The van der Waals surface area contributed by atoms with Crippen molar-refractivity contribution in [3.05, 3.63) is 23.7 Å². The lowest BCUT2D eigenvalue weighted by Crippen LogP contribution is -1.95. The van der Waals surface area contributed by atoms with Gasteiger partial charge < -0.3 is 4.74 Å². The molecular formula is C8H11FO. The first-order valence-corrected chi connectivity index (χ1v) is 3.52. The van der Waals surface area contributed by atoms with Gasteiger partial charge in [-0.3, -0.25) is 0 Å². The first-order valence-electron chi connectivity index (χ1n) is 3.52. The molecule has 0 aromatic carbocycles. The van der Waals surface area contributed by atoms with Gasteiger partial charge in [0, 0.05) is 6.42 Å². The Morgan fingerprint density at radius 3 is 3.10 bits per heavy atom. The summed E-state index contributed by atoms with van der Waals surface area (Å²) in [6, 6.07) is 0. The molecule has 0 aromatic heterocycles. The van der Waals surface area contributed by atoms with Crippen molar-refractivity contribution in [1.82, 2.24) is 0 Å². The predicted molar refractivity (Wildman–Crippen MR) is 38.1 cm³/mol. The van der Waals surface area contributed by atoms with Gasteiger partial charge in [0.1, 0.15) is 11.6 Å². The second-order valence-electron chi connectivity index (χ2n) is 2.14. The van der Waals surface area contributed by atoms with Gasteiger partial charge in [0.05, 0.1) is 6.61 Å². The first-order chi connectivity index (χ1) is 4.84. The smallest absolute Gasteiger partial charge is 0.150 e. The van der Waals surface area contributed by atoms with Crippen LogP contribution in [0.25, 0.3) is 0 Å². The van der Waals surface area contributed by atoms with Crippen molar-refractivity contribution in [2.75, 3.05) is 6.61 Å². The minimum Gasteiger partial charge on any atom is -0.491 e. The van der Waals surface area contributed by atoms with Crippen molar-refractivity contribution in [3.8, 4) is 0 Å². The topological polar surface area (TPSA) is 9.23 Å².